The summed E-state index contributed by atoms with van der Waals surface area (Å²) in [5, 5.41) is 5.80. The van der Waals surface area contributed by atoms with Crippen LogP contribution < -0.4 is 10.6 Å². The Bertz CT molecular complexity index is 352. The largest absolute Gasteiger partial charge is 0.338 e. The monoisotopic (exact) mass is 234 g/mol. The third kappa shape index (κ3) is 3.77. The number of benzene rings is 1. The van der Waals surface area contributed by atoms with Crippen molar-refractivity contribution in [2.24, 2.45) is 0 Å². The molecule has 2 amide bonds. The van der Waals surface area contributed by atoms with Crippen molar-refractivity contribution >= 4 is 11.7 Å². The number of carbonyl (C=O) groups is 1. The Balaban J connectivity index is 2.83. The second kappa shape index (κ2) is 6.94. The first-order valence-electron chi connectivity index (χ1n) is 6.38. The van der Waals surface area contributed by atoms with Gasteiger partial charge in [-0.2, -0.15) is 0 Å². The molecule has 3 nitrogen and oxygen atoms in total. The molecule has 0 saturated carbocycles. The van der Waals surface area contributed by atoms with E-state index in [-0.39, 0.29) is 6.03 Å². The van der Waals surface area contributed by atoms with Crippen molar-refractivity contribution in [2.75, 3.05) is 11.9 Å². The number of carbonyl (C=O) groups excluding carboxylic acids is 1. The quantitative estimate of drug-likeness (QED) is 0.806. The van der Waals surface area contributed by atoms with E-state index in [1.807, 2.05) is 13.0 Å². The van der Waals surface area contributed by atoms with Gasteiger partial charge in [0.15, 0.2) is 0 Å². The van der Waals surface area contributed by atoms with E-state index in [4.69, 9.17) is 0 Å². The van der Waals surface area contributed by atoms with Gasteiger partial charge in [0.2, 0.25) is 0 Å². The molecule has 0 bridgehead atoms. The van der Waals surface area contributed by atoms with Crippen molar-refractivity contribution in [3.63, 3.8) is 0 Å². The summed E-state index contributed by atoms with van der Waals surface area (Å²) in [5.41, 5.74) is 3.36. The Morgan fingerprint density at radius 3 is 2.18 bits per heavy atom. The fraction of sp³-hybridized carbons (Fsp3) is 0.500. The molecule has 0 aliphatic carbocycles. The molecule has 3 heteroatoms. The van der Waals surface area contributed by atoms with E-state index >= 15 is 0 Å². The van der Waals surface area contributed by atoms with Crippen LogP contribution in [0.25, 0.3) is 0 Å². The summed E-state index contributed by atoms with van der Waals surface area (Å²) in [6.45, 7) is 6.95. The number of hydrogen-bond donors (Lipinski definition) is 2. The van der Waals surface area contributed by atoms with Crippen molar-refractivity contribution in [1.29, 1.82) is 0 Å². The number of urea groups is 1. The van der Waals surface area contributed by atoms with Gasteiger partial charge < -0.3 is 10.6 Å². The van der Waals surface area contributed by atoms with Crippen LogP contribution in [0, 0.1) is 0 Å². The highest BCUT2D eigenvalue weighted by atomic mass is 16.2. The van der Waals surface area contributed by atoms with Crippen LogP contribution in [0.5, 0.6) is 0 Å². The SMILES string of the molecule is CCCNC(=O)Nc1c(CC)cccc1CC. The van der Waals surface area contributed by atoms with Gasteiger partial charge in [-0.25, -0.2) is 4.79 Å². The summed E-state index contributed by atoms with van der Waals surface area (Å²) in [7, 11) is 0. The zero-order valence-corrected chi connectivity index (χ0v) is 11.0. The lowest BCUT2D eigenvalue weighted by molar-refractivity contribution is 0.252. The normalized spacial score (nSPS) is 10.1. The Morgan fingerprint density at radius 2 is 1.71 bits per heavy atom. The summed E-state index contributed by atoms with van der Waals surface area (Å²) in [6.07, 6.45) is 2.80. The highest BCUT2D eigenvalue weighted by Gasteiger charge is 2.08. The standard InChI is InChI=1S/C14H22N2O/c1-4-10-15-14(17)16-13-11(5-2)8-7-9-12(13)6-3/h7-9H,4-6,10H2,1-3H3,(H2,15,16,17). The summed E-state index contributed by atoms with van der Waals surface area (Å²) in [4.78, 5) is 11.7. The third-order valence-corrected chi connectivity index (χ3v) is 2.77. The van der Waals surface area contributed by atoms with Crippen molar-refractivity contribution in [1.82, 2.24) is 5.32 Å². The van der Waals surface area contributed by atoms with Crippen molar-refractivity contribution in [2.45, 2.75) is 40.0 Å². The fourth-order valence-electron chi connectivity index (χ4n) is 1.80. The fourth-order valence-corrected chi connectivity index (χ4v) is 1.80. The number of rotatable bonds is 5. The van der Waals surface area contributed by atoms with Crippen LogP contribution >= 0.6 is 0 Å². The van der Waals surface area contributed by atoms with Gasteiger partial charge in [0, 0.05) is 12.2 Å². The average molecular weight is 234 g/mol. The van der Waals surface area contributed by atoms with E-state index < -0.39 is 0 Å². The van der Waals surface area contributed by atoms with Gasteiger partial charge >= 0.3 is 6.03 Å². The van der Waals surface area contributed by atoms with Crippen molar-refractivity contribution < 1.29 is 4.79 Å². The predicted octanol–water partition coefficient (Wildman–Crippen LogP) is 3.34. The first kappa shape index (κ1) is 13.6. The van der Waals surface area contributed by atoms with Gasteiger partial charge in [0.25, 0.3) is 0 Å². The van der Waals surface area contributed by atoms with Gasteiger partial charge in [-0.15, -0.1) is 0 Å². The number of nitrogens with one attached hydrogen (secondary N) is 2. The number of anilines is 1. The smallest absolute Gasteiger partial charge is 0.319 e. The zero-order valence-electron chi connectivity index (χ0n) is 11.0. The molecule has 0 heterocycles. The summed E-state index contributed by atoms with van der Waals surface area (Å²) in [6, 6.07) is 6.07. The first-order valence-corrected chi connectivity index (χ1v) is 6.38. The molecule has 0 unspecified atom stereocenters. The molecule has 2 N–H and O–H groups in total. The minimum atomic E-state index is -0.109. The zero-order chi connectivity index (χ0) is 12.7. The Labute approximate surface area is 104 Å². The number of hydrogen-bond acceptors (Lipinski definition) is 1. The Hall–Kier alpha value is -1.51. The van der Waals surface area contributed by atoms with E-state index in [0.29, 0.717) is 6.54 Å². The van der Waals surface area contributed by atoms with Crippen molar-refractivity contribution in [3.05, 3.63) is 29.3 Å². The summed E-state index contributed by atoms with van der Waals surface area (Å²) < 4.78 is 0. The molecule has 0 saturated heterocycles. The molecule has 17 heavy (non-hydrogen) atoms. The Kier molecular flexibility index (Phi) is 5.53. The molecular weight excluding hydrogens is 212 g/mol. The van der Waals surface area contributed by atoms with Gasteiger partial charge in [-0.05, 0) is 30.4 Å². The molecule has 0 spiro atoms. The van der Waals surface area contributed by atoms with Gasteiger partial charge in [0.05, 0.1) is 0 Å². The second-order valence-corrected chi connectivity index (χ2v) is 4.04. The molecule has 0 atom stereocenters. The van der Waals surface area contributed by atoms with Gasteiger partial charge in [-0.3, -0.25) is 0 Å². The molecular formula is C14H22N2O. The highest BCUT2D eigenvalue weighted by Crippen LogP contribution is 2.22. The van der Waals surface area contributed by atoms with Crippen LogP contribution in [0.3, 0.4) is 0 Å². The molecule has 94 valence electrons. The minimum absolute atomic E-state index is 0.109. The number of aryl methyl sites for hydroxylation is 2. The van der Waals surface area contributed by atoms with E-state index in [9.17, 15) is 4.79 Å². The number of para-hydroxylation sites is 1. The van der Waals surface area contributed by atoms with E-state index in [2.05, 4.69) is 36.6 Å². The molecule has 1 aromatic rings. The lowest BCUT2D eigenvalue weighted by Gasteiger charge is -2.14. The molecule has 0 radical (unpaired) electrons. The summed E-state index contributed by atoms with van der Waals surface area (Å²) >= 11 is 0. The van der Waals surface area contributed by atoms with Gasteiger partial charge in [0.1, 0.15) is 0 Å². The highest BCUT2D eigenvalue weighted by molar-refractivity contribution is 5.91. The maximum atomic E-state index is 11.7. The van der Waals surface area contributed by atoms with Crippen LogP contribution in [-0.4, -0.2) is 12.6 Å². The van der Waals surface area contributed by atoms with E-state index in [0.717, 1.165) is 24.9 Å². The minimum Gasteiger partial charge on any atom is -0.338 e. The molecule has 0 aromatic heterocycles. The third-order valence-electron chi connectivity index (χ3n) is 2.77. The summed E-state index contributed by atoms with van der Waals surface area (Å²) in [5.74, 6) is 0. The average Bonchev–Trinajstić information content (AvgIpc) is 2.36. The van der Waals surface area contributed by atoms with E-state index in [1.165, 1.54) is 11.1 Å². The predicted molar refractivity (Wildman–Crippen MR) is 72.5 cm³/mol. The lowest BCUT2D eigenvalue weighted by atomic mass is 10.0. The molecule has 0 fully saturated rings. The van der Waals surface area contributed by atoms with Gasteiger partial charge in [-0.1, -0.05) is 39.0 Å². The number of amides is 2. The second-order valence-electron chi connectivity index (χ2n) is 4.04. The molecule has 0 aliphatic heterocycles. The molecule has 0 aliphatic rings. The first-order chi connectivity index (χ1) is 8.22. The van der Waals surface area contributed by atoms with Crippen LogP contribution in [0.4, 0.5) is 10.5 Å². The van der Waals surface area contributed by atoms with E-state index in [1.54, 1.807) is 0 Å². The Morgan fingerprint density at radius 1 is 1.12 bits per heavy atom. The van der Waals surface area contributed by atoms with Crippen LogP contribution in [0.2, 0.25) is 0 Å². The molecule has 1 rings (SSSR count). The van der Waals surface area contributed by atoms with Crippen molar-refractivity contribution in [3.8, 4) is 0 Å². The topological polar surface area (TPSA) is 41.1 Å². The maximum absolute atomic E-state index is 11.7. The van der Waals surface area contributed by atoms with Crippen LogP contribution in [-0.2, 0) is 12.8 Å². The lowest BCUT2D eigenvalue weighted by Crippen LogP contribution is -2.30. The maximum Gasteiger partial charge on any atom is 0.319 e. The van der Waals surface area contributed by atoms with Crippen LogP contribution in [0.1, 0.15) is 38.3 Å². The van der Waals surface area contributed by atoms with Crippen LogP contribution in [0.15, 0.2) is 18.2 Å². The molecule has 1 aromatic carbocycles.